The van der Waals surface area contributed by atoms with Crippen molar-refractivity contribution in [3.8, 4) is 0 Å². The highest BCUT2D eigenvalue weighted by Crippen LogP contribution is 2.22. The number of nitrogens with zero attached hydrogens (tertiary/aromatic N) is 2. The monoisotopic (exact) mass is 224 g/mol. The average Bonchev–Trinajstić information content (AvgIpc) is 2.60. The summed E-state index contributed by atoms with van der Waals surface area (Å²) in [5.41, 5.74) is -0.303. The normalized spacial score (nSPS) is 11.2. The Kier molecular flexibility index (Phi) is 3.37. The summed E-state index contributed by atoms with van der Waals surface area (Å²) >= 11 is 0. The molecule has 0 unspecified atom stereocenters. The first-order valence-corrected chi connectivity index (χ1v) is 4.93. The molecule has 0 aliphatic rings. The van der Waals surface area contributed by atoms with Crippen LogP contribution in [0.5, 0.6) is 0 Å². The Morgan fingerprint density at radius 3 is 2.69 bits per heavy atom. The van der Waals surface area contributed by atoms with Crippen LogP contribution in [0.2, 0.25) is 0 Å². The van der Waals surface area contributed by atoms with Crippen LogP contribution in [0.25, 0.3) is 0 Å². The molecule has 5 heteroatoms. The minimum Gasteiger partial charge on any atom is -0.476 e. The molecule has 0 aliphatic heterocycles. The molecule has 1 heterocycles. The number of carbonyl (C=O) groups is 1. The molecule has 0 amide bonds. The maximum Gasteiger partial charge on any atom is 0.357 e. The van der Waals surface area contributed by atoms with Crippen molar-refractivity contribution < 1.29 is 14.3 Å². The molecule has 0 bridgehead atoms. The molecule has 0 radical (unpaired) electrons. The lowest BCUT2D eigenvalue weighted by Crippen LogP contribution is -2.41. The van der Waals surface area contributed by atoms with Gasteiger partial charge in [0.2, 0.25) is 0 Å². The van der Waals surface area contributed by atoms with Gasteiger partial charge in [-0.05, 0) is 20.8 Å². The first-order chi connectivity index (χ1) is 7.36. The van der Waals surface area contributed by atoms with E-state index in [2.05, 4.69) is 11.6 Å². The Morgan fingerprint density at radius 2 is 2.31 bits per heavy atom. The number of oxazole rings is 1. The van der Waals surface area contributed by atoms with Gasteiger partial charge in [0.25, 0.3) is 6.01 Å². The van der Waals surface area contributed by atoms with Gasteiger partial charge in [-0.1, -0.05) is 6.08 Å². The third-order valence-electron chi connectivity index (χ3n) is 2.06. The fourth-order valence-electron chi connectivity index (χ4n) is 1.25. The Hall–Kier alpha value is -1.78. The van der Waals surface area contributed by atoms with Gasteiger partial charge in [-0.3, -0.25) is 0 Å². The predicted molar refractivity (Wildman–Crippen MR) is 60.8 cm³/mol. The van der Waals surface area contributed by atoms with Gasteiger partial charge < -0.3 is 14.4 Å². The standard InChI is InChI=1S/C11H16N2O3/c1-5-6-13(11(2,3)4)10-12-8(7-16-10)9(14)15/h5,7H,1,6H2,2-4H3,(H,14,15). The molecule has 1 rings (SSSR count). The SMILES string of the molecule is C=CCN(c1nc(C(=O)O)co1)C(C)(C)C. The van der Waals surface area contributed by atoms with E-state index in [-0.39, 0.29) is 11.2 Å². The molecule has 5 nitrogen and oxygen atoms in total. The second kappa shape index (κ2) is 4.38. The van der Waals surface area contributed by atoms with E-state index in [4.69, 9.17) is 9.52 Å². The van der Waals surface area contributed by atoms with Crippen molar-refractivity contribution in [1.29, 1.82) is 0 Å². The van der Waals surface area contributed by atoms with Crippen molar-refractivity contribution in [3.63, 3.8) is 0 Å². The van der Waals surface area contributed by atoms with E-state index in [0.717, 1.165) is 6.26 Å². The van der Waals surface area contributed by atoms with Crippen LogP contribution in [0.15, 0.2) is 23.3 Å². The van der Waals surface area contributed by atoms with Crippen LogP contribution in [0.3, 0.4) is 0 Å². The summed E-state index contributed by atoms with van der Waals surface area (Å²) in [6.07, 6.45) is 2.86. The number of carboxylic acids is 1. The molecule has 0 aliphatic carbocycles. The number of rotatable bonds is 4. The van der Waals surface area contributed by atoms with Crippen molar-refractivity contribution in [1.82, 2.24) is 4.98 Å². The van der Waals surface area contributed by atoms with Crippen LogP contribution < -0.4 is 4.90 Å². The zero-order valence-corrected chi connectivity index (χ0v) is 9.73. The average molecular weight is 224 g/mol. The summed E-state index contributed by atoms with van der Waals surface area (Å²) in [6.45, 7) is 10.2. The van der Waals surface area contributed by atoms with Gasteiger partial charge in [0, 0.05) is 12.1 Å². The molecule has 0 fully saturated rings. The van der Waals surface area contributed by atoms with Crippen LogP contribution >= 0.6 is 0 Å². The highest BCUT2D eigenvalue weighted by atomic mass is 16.4. The molecular weight excluding hydrogens is 208 g/mol. The number of carboxylic acid groups (broad SMARTS) is 1. The topological polar surface area (TPSA) is 66.6 Å². The summed E-state index contributed by atoms with van der Waals surface area (Å²) in [6, 6.07) is 0.296. The number of aromatic carboxylic acids is 1. The van der Waals surface area contributed by atoms with E-state index in [1.165, 1.54) is 0 Å². The van der Waals surface area contributed by atoms with Gasteiger partial charge in [-0.2, -0.15) is 4.98 Å². The molecule has 0 saturated heterocycles. The van der Waals surface area contributed by atoms with Gasteiger partial charge in [0.1, 0.15) is 6.26 Å². The molecule has 0 atom stereocenters. The number of aromatic nitrogens is 1. The van der Waals surface area contributed by atoms with E-state index < -0.39 is 5.97 Å². The lowest BCUT2D eigenvalue weighted by molar-refractivity contribution is 0.0690. The summed E-state index contributed by atoms with van der Waals surface area (Å²) in [5.74, 6) is -1.09. The molecule has 0 saturated carbocycles. The van der Waals surface area contributed by atoms with Crippen molar-refractivity contribution in [2.24, 2.45) is 0 Å². The Bertz CT molecular complexity index is 390. The summed E-state index contributed by atoms with van der Waals surface area (Å²) in [4.78, 5) is 16.4. The second-order valence-corrected chi connectivity index (χ2v) is 4.39. The summed E-state index contributed by atoms with van der Waals surface area (Å²) < 4.78 is 5.15. The molecule has 1 aromatic heterocycles. The van der Waals surface area contributed by atoms with Crippen LogP contribution in [0.1, 0.15) is 31.3 Å². The van der Waals surface area contributed by atoms with Crippen LogP contribution in [0.4, 0.5) is 6.01 Å². The van der Waals surface area contributed by atoms with Crippen molar-refractivity contribution in [2.75, 3.05) is 11.4 Å². The molecule has 16 heavy (non-hydrogen) atoms. The fraction of sp³-hybridized carbons (Fsp3) is 0.455. The van der Waals surface area contributed by atoms with Gasteiger partial charge in [-0.25, -0.2) is 4.79 Å². The third-order valence-corrected chi connectivity index (χ3v) is 2.06. The van der Waals surface area contributed by atoms with Gasteiger partial charge in [-0.15, -0.1) is 6.58 Å². The smallest absolute Gasteiger partial charge is 0.357 e. The first kappa shape index (κ1) is 12.3. The lowest BCUT2D eigenvalue weighted by Gasteiger charge is -2.33. The lowest BCUT2D eigenvalue weighted by atomic mass is 10.1. The van der Waals surface area contributed by atoms with Crippen LogP contribution in [0, 0.1) is 0 Å². The second-order valence-electron chi connectivity index (χ2n) is 4.39. The predicted octanol–water partition coefficient (Wildman–Crippen LogP) is 2.16. The van der Waals surface area contributed by atoms with E-state index in [1.807, 2.05) is 25.7 Å². The highest BCUT2D eigenvalue weighted by Gasteiger charge is 2.25. The largest absolute Gasteiger partial charge is 0.476 e. The molecular formula is C11H16N2O3. The summed E-state index contributed by atoms with van der Waals surface area (Å²) in [7, 11) is 0. The minimum absolute atomic E-state index is 0.0895. The molecule has 1 N–H and O–H groups in total. The number of hydrogen-bond acceptors (Lipinski definition) is 4. The molecule has 1 aromatic rings. The third kappa shape index (κ3) is 2.62. The highest BCUT2D eigenvalue weighted by molar-refractivity contribution is 5.85. The van der Waals surface area contributed by atoms with Crippen molar-refractivity contribution >= 4 is 12.0 Å². The molecule has 0 aromatic carbocycles. The molecule has 88 valence electrons. The van der Waals surface area contributed by atoms with Gasteiger partial charge >= 0.3 is 5.97 Å². The van der Waals surface area contributed by atoms with E-state index in [0.29, 0.717) is 12.6 Å². The maximum absolute atomic E-state index is 10.7. The zero-order chi connectivity index (χ0) is 12.3. The van der Waals surface area contributed by atoms with Gasteiger partial charge in [0.05, 0.1) is 0 Å². The zero-order valence-electron chi connectivity index (χ0n) is 9.73. The quantitative estimate of drug-likeness (QED) is 0.794. The number of hydrogen-bond donors (Lipinski definition) is 1. The van der Waals surface area contributed by atoms with Gasteiger partial charge in [0.15, 0.2) is 5.69 Å². The van der Waals surface area contributed by atoms with E-state index >= 15 is 0 Å². The Morgan fingerprint density at radius 1 is 1.69 bits per heavy atom. The first-order valence-electron chi connectivity index (χ1n) is 4.93. The van der Waals surface area contributed by atoms with Crippen LogP contribution in [-0.4, -0.2) is 28.1 Å². The van der Waals surface area contributed by atoms with Crippen molar-refractivity contribution in [3.05, 3.63) is 24.6 Å². The van der Waals surface area contributed by atoms with Crippen LogP contribution in [-0.2, 0) is 0 Å². The maximum atomic E-state index is 10.7. The number of anilines is 1. The van der Waals surface area contributed by atoms with E-state index in [1.54, 1.807) is 6.08 Å². The van der Waals surface area contributed by atoms with E-state index in [9.17, 15) is 4.79 Å². The molecule has 0 spiro atoms. The fourth-order valence-corrected chi connectivity index (χ4v) is 1.25. The summed E-state index contributed by atoms with van der Waals surface area (Å²) in [5, 5.41) is 8.75. The van der Waals surface area contributed by atoms with Crippen molar-refractivity contribution in [2.45, 2.75) is 26.3 Å². The Labute approximate surface area is 94.4 Å². The Balaban J connectivity index is 3.02. The minimum atomic E-state index is -1.09.